The Morgan fingerprint density at radius 1 is 1.50 bits per heavy atom. The predicted octanol–water partition coefficient (Wildman–Crippen LogP) is 2.36. The molecule has 1 fully saturated rings. The van der Waals surface area contributed by atoms with Gasteiger partial charge in [0.2, 0.25) is 0 Å². The number of nitrogens with two attached hydrogens (primary N) is 1. The van der Waals surface area contributed by atoms with Crippen LogP contribution in [0.15, 0.2) is 18.2 Å². The molecule has 2 unspecified atom stereocenters. The number of thioether (sulfide) groups is 2. The first-order valence-electron chi connectivity index (χ1n) is 6.11. The first-order valence-corrected chi connectivity index (χ1v) is 8.31. The highest BCUT2D eigenvalue weighted by Gasteiger charge is 2.24. The van der Waals surface area contributed by atoms with E-state index in [1.807, 2.05) is 36.5 Å². The predicted molar refractivity (Wildman–Crippen MR) is 79.5 cm³/mol. The number of halogens is 1. The average molecular weight is 286 g/mol. The van der Waals surface area contributed by atoms with Crippen LogP contribution in [-0.4, -0.2) is 28.6 Å². The topological polar surface area (TPSA) is 38.0 Å². The molecule has 3 N–H and O–H groups in total. The molecule has 2 rings (SSSR count). The molecule has 0 aliphatic carbocycles. The number of hydrazine groups is 1. The van der Waals surface area contributed by atoms with Crippen LogP contribution in [0.4, 0.5) is 4.39 Å². The summed E-state index contributed by atoms with van der Waals surface area (Å²) in [5.74, 6) is 9.02. The van der Waals surface area contributed by atoms with Crippen molar-refractivity contribution in [2.24, 2.45) is 5.84 Å². The fraction of sp³-hybridized carbons (Fsp3) is 0.538. The first kappa shape index (κ1) is 14.2. The Hall–Kier alpha value is -0.230. The zero-order valence-corrected chi connectivity index (χ0v) is 12.1. The molecule has 2 nitrogen and oxygen atoms in total. The third-order valence-electron chi connectivity index (χ3n) is 3.26. The Balaban J connectivity index is 2.06. The van der Waals surface area contributed by atoms with E-state index >= 15 is 0 Å². The molecule has 0 bridgehead atoms. The maximum atomic E-state index is 13.3. The van der Waals surface area contributed by atoms with Gasteiger partial charge in [-0.25, -0.2) is 4.39 Å². The van der Waals surface area contributed by atoms with Crippen molar-refractivity contribution in [3.63, 3.8) is 0 Å². The zero-order valence-electron chi connectivity index (χ0n) is 10.5. The van der Waals surface area contributed by atoms with Crippen LogP contribution in [0.2, 0.25) is 0 Å². The third-order valence-corrected chi connectivity index (χ3v) is 6.18. The summed E-state index contributed by atoms with van der Waals surface area (Å²) < 4.78 is 13.3. The molecule has 18 heavy (non-hydrogen) atoms. The molecule has 1 aliphatic rings. The molecular weight excluding hydrogens is 267 g/mol. The van der Waals surface area contributed by atoms with E-state index in [9.17, 15) is 4.39 Å². The van der Waals surface area contributed by atoms with Gasteiger partial charge in [-0.05, 0) is 36.6 Å². The average Bonchev–Trinajstić information content (AvgIpc) is 2.41. The van der Waals surface area contributed by atoms with Crippen molar-refractivity contribution in [2.45, 2.75) is 24.6 Å². The van der Waals surface area contributed by atoms with E-state index in [1.165, 1.54) is 17.6 Å². The number of nitrogens with one attached hydrogen (secondary N) is 1. The summed E-state index contributed by atoms with van der Waals surface area (Å²) in [6.07, 6.45) is 0.790. The molecule has 0 amide bonds. The summed E-state index contributed by atoms with van der Waals surface area (Å²) in [4.78, 5) is 0. The van der Waals surface area contributed by atoms with E-state index in [0.29, 0.717) is 5.25 Å². The monoisotopic (exact) mass is 286 g/mol. The van der Waals surface area contributed by atoms with E-state index < -0.39 is 0 Å². The molecular formula is C13H19FN2S2. The first-order chi connectivity index (χ1) is 8.70. The van der Waals surface area contributed by atoms with Gasteiger partial charge < -0.3 is 0 Å². The summed E-state index contributed by atoms with van der Waals surface area (Å²) in [6, 6.07) is 5.18. The van der Waals surface area contributed by atoms with Crippen molar-refractivity contribution < 1.29 is 4.39 Å². The lowest BCUT2D eigenvalue weighted by atomic mass is 9.99. The largest absolute Gasteiger partial charge is 0.271 e. The summed E-state index contributed by atoms with van der Waals surface area (Å²) in [5, 5.41) is 0.511. The van der Waals surface area contributed by atoms with Crippen LogP contribution in [0.25, 0.3) is 0 Å². The quantitative estimate of drug-likeness (QED) is 0.658. The van der Waals surface area contributed by atoms with Crippen molar-refractivity contribution in [3.8, 4) is 0 Å². The number of hydrogen-bond donors (Lipinski definition) is 2. The van der Waals surface area contributed by atoms with Crippen molar-refractivity contribution in [1.82, 2.24) is 5.43 Å². The van der Waals surface area contributed by atoms with Gasteiger partial charge in [-0.2, -0.15) is 23.5 Å². The van der Waals surface area contributed by atoms with Crippen LogP contribution >= 0.6 is 23.5 Å². The minimum absolute atomic E-state index is 0.169. The second-order valence-corrected chi connectivity index (χ2v) is 7.03. The molecule has 0 spiro atoms. The maximum Gasteiger partial charge on any atom is 0.123 e. The molecule has 1 saturated heterocycles. The molecule has 2 atom stereocenters. The summed E-state index contributed by atoms with van der Waals surface area (Å²) >= 11 is 3.94. The van der Waals surface area contributed by atoms with Crippen LogP contribution in [0.3, 0.4) is 0 Å². The lowest BCUT2D eigenvalue weighted by Gasteiger charge is -2.29. The van der Waals surface area contributed by atoms with Crippen molar-refractivity contribution in [1.29, 1.82) is 0 Å². The second-order valence-electron chi connectivity index (χ2n) is 4.53. The van der Waals surface area contributed by atoms with Crippen LogP contribution in [0.1, 0.15) is 11.1 Å². The fourth-order valence-corrected chi connectivity index (χ4v) is 5.00. The van der Waals surface area contributed by atoms with Gasteiger partial charge in [0.25, 0.3) is 0 Å². The smallest absolute Gasteiger partial charge is 0.123 e. The number of rotatable bonds is 4. The Morgan fingerprint density at radius 2 is 2.33 bits per heavy atom. The highest BCUT2D eigenvalue weighted by Crippen LogP contribution is 2.28. The standard InChI is InChI=1S/C13H19FN2S2/c1-9-2-3-11(14)6-10(9)7-12(16-15)13-8-17-4-5-18-13/h2-3,6,12-13,16H,4-5,7-8,15H2,1H3. The Morgan fingerprint density at radius 3 is 3.00 bits per heavy atom. The van der Waals surface area contributed by atoms with Crippen molar-refractivity contribution >= 4 is 23.5 Å². The Kier molecular flexibility index (Phi) is 5.36. The maximum absolute atomic E-state index is 13.3. The van der Waals surface area contributed by atoms with Gasteiger partial charge in [-0.3, -0.25) is 11.3 Å². The van der Waals surface area contributed by atoms with Crippen LogP contribution in [0, 0.1) is 12.7 Å². The lowest BCUT2D eigenvalue weighted by molar-refractivity contribution is 0.520. The summed E-state index contributed by atoms with van der Waals surface area (Å²) in [7, 11) is 0. The van der Waals surface area contributed by atoms with Gasteiger partial charge in [0, 0.05) is 28.6 Å². The van der Waals surface area contributed by atoms with E-state index in [1.54, 1.807) is 6.07 Å². The molecule has 1 heterocycles. The van der Waals surface area contributed by atoms with Gasteiger partial charge in [0.15, 0.2) is 0 Å². The van der Waals surface area contributed by atoms with Crippen LogP contribution < -0.4 is 11.3 Å². The van der Waals surface area contributed by atoms with Crippen molar-refractivity contribution in [3.05, 3.63) is 35.1 Å². The zero-order chi connectivity index (χ0) is 13.0. The molecule has 1 aromatic rings. The number of hydrogen-bond acceptors (Lipinski definition) is 4. The normalized spacial score (nSPS) is 21.8. The molecule has 0 saturated carbocycles. The van der Waals surface area contributed by atoms with Gasteiger partial charge in [-0.1, -0.05) is 6.07 Å². The highest BCUT2D eigenvalue weighted by molar-refractivity contribution is 8.06. The Bertz CT molecular complexity index is 395. The van der Waals surface area contributed by atoms with Gasteiger partial charge in [0.05, 0.1) is 0 Å². The third kappa shape index (κ3) is 3.63. The minimum atomic E-state index is -0.169. The summed E-state index contributed by atoms with van der Waals surface area (Å²) in [6.45, 7) is 2.02. The fourth-order valence-electron chi connectivity index (χ4n) is 2.13. The van der Waals surface area contributed by atoms with Gasteiger partial charge >= 0.3 is 0 Å². The number of aryl methyl sites for hydroxylation is 1. The molecule has 1 aromatic carbocycles. The van der Waals surface area contributed by atoms with Gasteiger partial charge in [-0.15, -0.1) is 0 Å². The van der Waals surface area contributed by atoms with Crippen molar-refractivity contribution in [2.75, 3.05) is 17.3 Å². The minimum Gasteiger partial charge on any atom is -0.271 e. The summed E-state index contributed by atoms with van der Waals surface area (Å²) in [5.41, 5.74) is 5.09. The SMILES string of the molecule is Cc1ccc(F)cc1CC(NN)C1CSCCS1. The molecule has 0 aromatic heterocycles. The Labute approximate surface area is 116 Å². The molecule has 1 aliphatic heterocycles. The second kappa shape index (κ2) is 6.80. The molecule has 0 radical (unpaired) electrons. The van der Waals surface area contributed by atoms with E-state index in [0.717, 1.165) is 23.3 Å². The van der Waals surface area contributed by atoms with Gasteiger partial charge in [0.1, 0.15) is 5.82 Å². The molecule has 100 valence electrons. The molecule has 5 heteroatoms. The lowest BCUT2D eigenvalue weighted by Crippen LogP contribution is -2.46. The van der Waals surface area contributed by atoms with E-state index in [-0.39, 0.29) is 11.9 Å². The van der Waals surface area contributed by atoms with Crippen LogP contribution in [-0.2, 0) is 6.42 Å². The van der Waals surface area contributed by atoms with Crippen LogP contribution in [0.5, 0.6) is 0 Å². The number of benzene rings is 1. The highest BCUT2D eigenvalue weighted by atomic mass is 32.2. The van der Waals surface area contributed by atoms with E-state index in [4.69, 9.17) is 5.84 Å². The van der Waals surface area contributed by atoms with E-state index in [2.05, 4.69) is 5.43 Å².